The maximum Gasteiger partial charge on any atom is 0.177 e. The van der Waals surface area contributed by atoms with Crippen molar-refractivity contribution >= 4 is 43.9 Å². The van der Waals surface area contributed by atoms with Gasteiger partial charge in [0.2, 0.25) is 0 Å². The van der Waals surface area contributed by atoms with Gasteiger partial charge in [-0.3, -0.25) is 4.98 Å². The van der Waals surface area contributed by atoms with Gasteiger partial charge >= 0.3 is 0 Å². The van der Waals surface area contributed by atoms with Crippen LogP contribution < -0.4 is 0 Å². The van der Waals surface area contributed by atoms with Crippen LogP contribution in [-0.4, -0.2) is 14.5 Å². The van der Waals surface area contributed by atoms with Crippen molar-refractivity contribution in [1.82, 2.24) is 14.5 Å². The van der Waals surface area contributed by atoms with Gasteiger partial charge in [-0.25, -0.2) is 0 Å². The summed E-state index contributed by atoms with van der Waals surface area (Å²) in [5.74, 6) is 2.20. The van der Waals surface area contributed by atoms with Crippen LogP contribution in [0.25, 0.3) is 94.7 Å². The number of imidazole rings is 1. The number of hydrogen-bond acceptors (Lipinski definition) is 4. The molecule has 4 aromatic heterocycles. The summed E-state index contributed by atoms with van der Waals surface area (Å²) in [4.78, 5) is 9.45. The molecule has 7 aromatic carbocycles. The Kier molecular flexibility index (Phi) is 10.7. The molecule has 0 spiro atoms. The number of pyridine rings is 1. The number of para-hydroxylation sites is 2. The Labute approximate surface area is 392 Å². The molecule has 317 valence electrons. The normalized spacial score (nSPS) is 12.3. The van der Waals surface area contributed by atoms with Crippen LogP contribution in [0.1, 0.15) is 65.9 Å². The zero-order chi connectivity index (χ0) is 45.7. The topological polar surface area (TPSA) is 57.0 Å². The maximum atomic E-state index is 7.23. The van der Waals surface area contributed by atoms with E-state index in [0.29, 0.717) is 0 Å². The molecule has 64 heavy (non-hydrogen) atoms. The van der Waals surface area contributed by atoms with E-state index in [1.165, 1.54) is 34.1 Å². The Balaban J connectivity index is 0.000000281. The summed E-state index contributed by atoms with van der Waals surface area (Å²) in [6, 6.07) is 59.8. The van der Waals surface area contributed by atoms with E-state index in [9.17, 15) is 0 Å². The van der Waals surface area contributed by atoms with Crippen molar-refractivity contribution in [3.8, 4) is 50.8 Å². The molecule has 0 aliphatic carbocycles. The van der Waals surface area contributed by atoms with Crippen molar-refractivity contribution in [3.63, 3.8) is 0 Å². The smallest absolute Gasteiger partial charge is 0.177 e. The molecule has 11 rings (SSSR count). The molecule has 0 saturated carbocycles. The molecule has 5 nitrogen and oxygen atoms in total. The van der Waals surface area contributed by atoms with E-state index in [2.05, 4.69) is 153 Å². The number of rotatable bonds is 7. The summed E-state index contributed by atoms with van der Waals surface area (Å²) in [6.45, 7) is 9.15. The van der Waals surface area contributed by atoms with Crippen LogP contribution in [0, 0.1) is 25.9 Å². The molecule has 11 aromatic rings. The number of furan rings is 2. The molecule has 0 amide bonds. The Hall–Kier alpha value is -6.85. The summed E-state index contributed by atoms with van der Waals surface area (Å²) in [5.41, 5.74) is 15.2. The van der Waals surface area contributed by atoms with Crippen molar-refractivity contribution in [3.05, 3.63) is 198 Å². The number of hydrogen-bond donors (Lipinski definition) is 0. The van der Waals surface area contributed by atoms with Gasteiger partial charge in [-0.15, -0.1) is 54.1 Å². The van der Waals surface area contributed by atoms with E-state index in [1.807, 2.05) is 42.5 Å². The van der Waals surface area contributed by atoms with E-state index < -0.39 is 6.85 Å². The fourth-order valence-electron chi connectivity index (χ4n) is 8.65. The van der Waals surface area contributed by atoms with E-state index in [4.69, 9.17) is 17.9 Å². The summed E-state index contributed by atoms with van der Waals surface area (Å²) in [6.07, 6.45) is 1.39. The summed E-state index contributed by atoms with van der Waals surface area (Å²) in [5, 5.41) is 3.07. The van der Waals surface area contributed by atoms with Crippen molar-refractivity contribution in [2.45, 2.75) is 53.3 Å². The Morgan fingerprint density at radius 1 is 0.609 bits per heavy atom. The van der Waals surface area contributed by atoms with E-state index in [1.54, 1.807) is 18.2 Å². The SMILES string of the molecule is Cc1c(-c2ccccc2)oc2c1ccc1c3cc[c-]c(-c4nc5ccccc5n4-c4c(C(C)C)cc(-c5ccccc5)cc4C(C)C)c3oc12.[2H]C([2H])([2H])c1ccc(-c2[c-]cccc2)nc1.[Ir]. The molecule has 0 atom stereocenters. The van der Waals surface area contributed by atoms with Crippen molar-refractivity contribution in [1.29, 1.82) is 0 Å². The largest absolute Gasteiger partial charge is 0.497 e. The Morgan fingerprint density at radius 2 is 1.27 bits per heavy atom. The van der Waals surface area contributed by atoms with Gasteiger partial charge in [-0.05, 0) is 89.5 Å². The first kappa shape index (κ1) is 38.8. The van der Waals surface area contributed by atoms with Crippen LogP contribution >= 0.6 is 0 Å². The number of aromatic nitrogens is 3. The molecular weight excluding hydrogens is 963 g/mol. The monoisotopic (exact) mass is 1010 g/mol. The molecule has 0 fully saturated rings. The fourth-order valence-corrected chi connectivity index (χ4v) is 8.65. The summed E-state index contributed by atoms with van der Waals surface area (Å²) >= 11 is 0. The minimum absolute atomic E-state index is 0. The first-order valence-corrected chi connectivity index (χ1v) is 21.5. The van der Waals surface area contributed by atoms with Crippen LogP contribution in [0.5, 0.6) is 0 Å². The second-order valence-electron chi connectivity index (χ2n) is 16.6. The van der Waals surface area contributed by atoms with Crippen LogP contribution in [0.3, 0.4) is 0 Å². The Morgan fingerprint density at radius 3 is 1.94 bits per heavy atom. The van der Waals surface area contributed by atoms with Crippen LogP contribution in [0.4, 0.5) is 0 Å². The number of aryl methyl sites for hydroxylation is 2. The van der Waals surface area contributed by atoms with Crippen molar-refractivity contribution in [2.24, 2.45) is 0 Å². The second kappa shape index (κ2) is 17.7. The van der Waals surface area contributed by atoms with E-state index in [-0.39, 0.29) is 37.5 Å². The van der Waals surface area contributed by atoms with Crippen LogP contribution in [-0.2, 0) is 20.1 Å². The van der Waals surface area contributed by atoms with Gasteiger partial charge in [0.1, 0.15) is 5.76 Å². The second-order valence-corrected chi connectivity index (χ2v) is 16.6. The van der Waals surface area contributed by atoms with Crippen LogP contribution in [0.15, 0.2) is 173 Å². The van der Waals surface area contributed by atoms with Crippen molar-refractivity contribution in [2.75, 3.05) is 0 Å². The number of benzene rings is 7. The zero-order valence-electron chi connectivity index (χ0n) is 39.2. The third-order valence-electron chi connectivity index (χ3n) is 11.8. The fraction of sp³-hybridized carbons (Fsp3) is 0.138. The van der Waals surface area contributed by atoms with E-state index in [0.717, 1.165) is 83.5 Å². The van der Waals surface area contributed by atoms with Crippen LogP contribution in [0.2, 0.25) is 0 Å². The molecule has 0 N–H and O–H groups in total. The molecule has 0 aliphatic rings. The number of fused-ring (bicyclic) bond motifs is 6. The minimum atomic E-state index is -2.09. The van der Waals surface area contributed by atoms with Crippen molar-refractivity contribution < 1.29 is 33.1 Å². The number of nitrogens with zero attached hydrogens (tertiary/aromatic N) is 3. The maximum absolute atomic E-state index is 7.23. The molecule has 1 radical (unpaired) electrons. The molecule has 0 unspecified atom stereocenters. The summed E-state index contributed by atoms with van der Waals surface area (Å²) < 4.78 is 37.6. The third-order valence-corrected chi connectivity index (χ3v) is 11.8. The quantitative estimate of drug-likeness (QED) is 0.149. The van der Waals surface area contributed by atoms with Gasteiger partial charge in [-0.2, -0.15) is 0 Å². The van der Waals surface area contributed by atoms with Gasteiger partial charge in [-0.1, -0.05) is 130 Å². The minimum Gasteiger partial charge on any atom is -0.497 e. The molecule has 6 heteroatoms. The predicted octanol–water partition coefficient (Wildman–Crippen LogP) is 15.9. The predicted molar refractivity (Wildman–Crippen MR) is 259 cm³/mol. The Bertz CT molecular complexity index is 3490. The van der Waals surface area contributed by atoms with Gasteiger partial charge in [0, 0.05) is 58.0 Å². The van der Waals surface area contributed by atoms with Gasteiger partial charge < -0.3 is 18.4 Å². The third kappa shape index (κ3) is 7.68. The molecule has 0 bridgehead atoms. The first-order chi connectivity index (χ1) is 32.0. The van der Waals surface area contributed by atoms with Gasteiger partial charge in [0.25, 0.3) is 0 Å². The molecule has 0 aliphatic heterocycles. The summed E-state index contributed by atoms with van der Waals surface area (Å²) in [7, 11) is 0. The average molecular weight is 1010 g/mol. The zero-order valence-corrected chi connectivity index (χ0v) is 38.6. The standard InChI is InChI=1S/C46H37N2O2.C12H10N.Ir/c1-27(2)37-25-32(30-15-8-6-9-16-30)26-38(28(3)4)41(37)48-40-22-13-12-21-39(40)47-46(48)36-20-14-19-34-35-24-23-33-29(5)42(31-17-10-7-11-18-31)49-44(33)45(35)50-43(34)36;1-10-7-8-12(13-9-10)11-5-3-2-4-6-11;/h6-19,21-28H,1-5H3;2-5,7-9H,1H3;/q2*-1;/i;1D3;. The van der Waals surface area contributed by atoms with E-state index >= 15 is 0 Å². The van der Waals surface area contributed by atoms with Gasteiger partial charge in [0.05, 0.1) is 22.4 Å². The van der Waals surface area contributed by atoms with Gasteiger partial charge in [0.15, 0.2) is 11.2 Å². The molecule has 4 heterocycles. The first-order valence-electron chi connectivity index (χ1n) is 23.0. The molecular formula is C58H47IrN3O2-2. The molecule has 0 saturated heterocycles. The average Bonchev–Trinajstić information content (AvgIpc) is 4.03.